The van der Waals surface area contributed by atoms with Gasteiger partial charge >= 0.3 is 0 Å². The molecule has 0 amide bonds. The van der Waals surface area contributed by atoms with Gasteiger partial charge in [-0.15, -0.1) is 10.2 Å². The van der Waals surface area contributed by atoms with E-state index in [-0.39, 0.29) is 6.10 Å². The SMILES string of the molecule is Cc1nnc(CN2C[C@@H](c3cccc(Cl)c3)OC[C@H]2C)o1. The van der Waals surface area contributed by atoms with Crippen LogP contribution >= 0.6 is 11.6 Å². The van der Waals surface area contributed by atoms with Crippen LogP contribution in [0.3, 0.4) is 0 Å². The third-order valence-electron chi connectivity index (χ3n) is 3.69. The van der Waals surface area contributed by atoms with Crippen LogP contribution in [-0.2, 0) is 11.3 Å². The number of aromatic nitrogens is 2. The average molecular weight is 308 g/mol. The summed E-state index contributed by atoms with van der Waals surface area (Å²) >= 11 is 6.06. The molecule has 1 aliphatic rings. The van der Waals surface area contributed by atoms with Gasteiger partial charge in [-0.25, -0.2) is 0 Å². The van der Waals surface area contributed by atoms with Crippen LogP contribution in [0.25, 0.3) is 0 Å². The molecule has 0 saturated carbocycles. The van der Waals surface area contributed by atoms with Crippen LogP contribution < -0.4 is 0 Å². The van der Waals surface area contributed by atoms with Gasteiger partial charge in [-0.1, -0.05) is 23.7 Å². The van der Waals surface area contributed by atoms with E-state index in [0.29, 0.717) is 31.0 Å². The fraction of sp³-hybridized carbons (Fsp3) is 0.467. The number of hydrogen-bond donors (Lipinski definition) is 0. The molecule has 0 N–H and O–H groups in total. The molecule has 2 aromatic rings. The van der Waals surface area contributed by atoms with E-state index in [2.05, 4.69) is 22.0 Å². The molecule has 1 fully saturated rings. The topological polar surface area (TPSA) is 51.4 Å². The van der Waals surface area contributed by atoms with Gasteiger partial charge < -0.3 is 9.15 Å². The van der Waals surface area contributed by atoms with Crippen LogP contribution in [0, 0.1) is 6.92 Å². The van der Waals surface area contributed by atoms with Crippen molar-refractivity contribution in [3.05, 3.63) is 46.6 Å². The Morgan fingerprint density at radius 2 is 2.24 bits per heavy atom. The van der Waals surface area contributed by atoms with Gasteiger partial charge in [-0.3, -0.25) is 4.90 Å². The lowest BCUT2D eigenvalue weighted by Gasteiger charge is -2.37. The first-order chi connectivity index (χ1) is 10.1. The van der Waals surface area contributed by atoms with Crippen LogP contribution in [0.4, 0.5) is 0 Å². The Bertz CT molecular complexity index is 616. The minimum absolute atomic E-state index is 0.0175. The fourth-order valence-electron chi connectivity index (χ4n) is 2.51. The molecule has 21 heavy (non-hydrogen) atoms. The molecule has 1 aliphatic heterocycles. The Balaban J connectivity index is 1.72. The zero-order valence-electron chi connectivity index (χ0n) is 12.1. The van der Waals surface area contributed by atoms with Gasteiger partial charge in [-0.05, 0) is 24.6 Å². The summed E-state index contributed by atoms with van der Waals surface area (Å²) in [6, 6.07) is 8.13. The van der Waals surface area contributed by atoms with E-state index >= 15 is 0 Å². The summed E-state index contributed by atoms with van der Waals surface area (Å²) in [4.78, 5) is 2.29. The zero-order chi connectivity index (χ0) is 14.8. The predicted molar refractivity (Wildman–Crippen MR) is 79.1 cm³/mol. The van der Waals surface area contributed by atoms with E-state index in [9.17, 15) is 0 Å². The first-order valence-electron chi connectivity index (χ1n) is 7.02. The molecule has 0 spiro atoms. The molecule has 0 bridgehead atoms. The first-order valence-corrected chi connectivity index (χ1v) is 7.39. The molecule has 0 radical (unpaired) electrons. The summed E-state index contributed by atoms with van der Waals surface area (Å²) in [5, 5.41) is 8.67. The number of aryl methyl sites for hydroxylation is 1. The van der Waals surface area contributed by atoms with Crippen LogP contribution in [-0.4, -0.2) is 34.3 Å². The van der Waals surface area contributed by atoms with Crippen molar-refractivity contribution in [2.75, 3.05) is 13.2 Å². The van der Waals surface area contributed by atoms with Crippen molar-refractivity contribution < 1.29 is 9.15 Å². The van der Waals surface area contributed by atoms with Gasteiger partial charge in [0.25, 0.3) is 0 Å². The largest absolute Gasteiger partial charge is 0.424 e. The summed E-state index contributed by atoms with van der Waals surface area (Å²) in [6.07, 6.45) is 0.0175. The first kappa shape index (κ1) is 14.5. The second-order valence-electron chi connectivity index (χ2n) is 5.37. The number of nitrogens with zero attached hydrogens (tertiary/aromatic N) is 3. The lowest BCUT2D eigenvalue weighted by molar-refractivity contribution is -0.0656. The molecule has 2 heterocycles. The summed E-state index contributed by atoms with van der Waals surface area (Å²) in [5.74, 6) is 1.24. The molecule has 0 aliphatic carbocycles. The summed E-state index contributed by atoms with van der Waals surface area (Å²) in [6.45, 7) is 6.03. The van der Waals surface area contributed by atoms with Crippen molar-refractivity contribution in [1.82, 2.24) is 15.1 Å². The Kier molecular flexibility index (Phi) is 4.24. The van der Waals surface area contributed by atoms with E-state index in [0.717, 1.165) is 17.1 Å². The number of rotatable bonds is 3. The highest BCUT2D eigenvalue weighted by molar-refractivity contribution is 6.30. The molecule has 1 aromatic carbocycles. The second-order valence-corrected chi connectivity index (χ2v) is 5.81. The summed E-state index contributed by atoms with van der Waals surface area (Å²) in [5.41, 5.74) is 1.10. The van der Waals surface area contributed by atoms with E-state index < -0.39 is 0 Å². The highest BCUT2D eigenvalue weighted by atomic mass is 35.5. The lowest BCUT2D eigenvalue weighted by atomic mass is 10.1. The average Bonchev–Trinajstić information content (AvgIpc) is 2.87. The fourth-order valence-corrected chi connectivity index (χ4v) is 2.71. The highest BCUT2D eigenvalue weighted by Crippen LogP contribution is 2.27. The molecular weight excluding hydrogens is 290 g/mol. The molecule has 2 atom stereocenters. The predicted octanol–water partition coefficient (Wildman–Crippen LogP) is 2.99. The Morgan fingerprint density at radius 3 is 2.95 bits per heavy atom. The van der Waals surface area contributed by atoms with Crippen molar-refractivity contribution in [1.29, 1.82) is 0 Å². The molecule has 1 saturated heterocycles. The van der Waals surface area contributed by atoms with Crippen molar-refractivity contribution in [2.24, 2.45) is 0 Å². The van der Waals surface area contributed by atoms with Gasteiger partial charge in [0.1, 0.15) is 0 Å². The van der Waals surface area contributed by atoms with Crippen LogP contribution in [0.1, 0.15) is 30.4 Å². The molecule has 0 unspecified atom stereocenters. The molecule has 1 aromatic heterocycles. The van der Waals surface area contributed by atoms with Crippen LogP contribution in [0.5, 0.6) is 0 Å². The van der Waals surface area contributed by atoms with Gasteiger partial charge in [-0.2, -0.15) is 0 Å². The molecular formula is C15H18ClN3O2. The van der Waals surface area contributed by atoms with Crippen molar-refractivity contribution in [2.45, 2.75) is 32.5 Å². The van der Waals surface area contributed by atoms with E-state index in [1.54, 1.807) is 6.92 Å². The van der Waals surface area contributed by atoms with Crippen LogP contribution in [0.15, 0.2) is 28.7 Å². The van der Waals surface area contributed by atoms with E-state index in [1.807, 2.05) is 24.3 Å². The highest BCUT2D eigenvalue weighted by Gasteiger charge is 2.28. The van der Waals surface area contributed by atoms with Crippen molar-refractivity contribution >= 4 is 11.6 Å². The maximum atomic E-state index is 6.06. The Hall–Kier alpha value is -1.43. The molecule has 112 valence electrons. The van der Waals surface area contributed by atoms with Gasteiger partial charge in [0.2, 0.25) is 11.8 Å². The Labute approximate surface area is 128 Å². The maximum Gasteiger partial charge on any atom is 0.230 e. The quantitative estimate of drug-likeness (QED) is 0.872. The number of benzene rings is 1. The minimum Gasteiger partial charge on any atom is -0.424 e. The normalized spacial score (nSPS) is 23.4. The molecule has 5 nitrogen and oxygen atoms in total. The summed E-state index contributed by atoms with van der Waals surface area (Å²) in [7, 11) is 0. The molecule has 3 rings (SSSR count). The van der Waals surface area contributed by atoms with Gasteiger partial charge in [0.05, 0.1) is 19.3 Å². The lowest BCUT2D eigenvalue weighted by Crippen LogP contribution is -2.44. The monoisotopic (exact) mass is 307 g/mol. The molecule has 6 heteroatoms. The number of ether oxygens (including phenoxy) is 1. The van der Waals surface area contributed by atoms with Crippen LogP contribution in [0.2, 0.25) is 5.02 Å². The zero-order valence-corrected chi connectivity index (χ0v) is 12.9. The third-order valence-corrected chi connectivity index (χ3v) is 3.92. The Morgan fingerprint density at radius 1 is 1.38 bits per heavy atom. The maximum absolute atomic E-state index is 6.06. The van der Waals surface area contributed by atoms with Crippen molar-refractivity contribution in [3.63, 3.8) is 0 Å². The minimum atomic E-state index is 0.0175. The van der Waals surface area contributed by atoms with Gasteiger partial charge in [0, 0.05) is 24.5 Å². The smallest absolute Gasteiger partial charge is 0.230 e. The summed E-state index contributed by atoms with van der Waals surface area (Å²) < 4.78 is 11.4. The number of morpholine rings is 1. The van der Waals surface area contributed by atoms with E-state index in [4.69, 9.17) is 20.8 Å². The third kappa shape index (κ3) is 3.43. The standard InChI is InChI=1S/C15H18ClN3O2/c1-10-9-20-14(12-4-3-5-13(16)6-12)7-19(10)8-15-18-17-11(2)21-15/h3-6,10,14H,7-9H2,1-2H3/t10-,14+/m1/s1. The number of halogens is 1. The van der Waals surface area contributed by atoms with E-state index in [1.165, 1.54) is 0 Å². The number of hydrogen-bond acceptors (Lipinski definition) is 5. The second kappa shape index (κ2) is 6.13. The van der Waals surface area contributed by atoms with Gasteiger partial charge in [0.15, 0.2) is 0 Å². The van der Waals surface area contributed by atoms with Crippen molar-refractivity contribution in [3.8, 4) is 0 Å².